The number of aromatic nitrogens is 2. The van der Waals surface area contributed by atoms with Gasteiger partial charge in [-0.05, 0) is 17.7 Å². The van der Waals surface area contributed by atoms with Gasteiger partial charge in [0, 0.05) is 23.0 Å². The summed E-state index contributed by atoms with van der Waals surface area (Å²) in [7, 11) is 0. The minimum atomic E-state index is 1.03. The van der Waals surface area contributed by atoms with Gasteiger partial charge in [0.05, 0.1) is 10.6 Å². The first-order valence-electron chi connectivity index (χ1n) is 8.33. The van der Waals surface area contributed by atoms with Crippen molar-refractivity contribution in [3.63, 3.8) is 0 Å². The second-order valence-corrected chi connectivity index (χ2v) is 7.17. The van der Waals surface area contributed by atoms with Crippen molar-refractivity contribution in [3.05, 3.63) is 84.7 Å². The molecule has 0 aliphatic heterocycles. The molecule has 3 heteroatoms. The Balaban J connectivity index is 1.70. The van der Waals surface area contributed by atoms with E-state index in [1.165, 1.54) is 26.9 Å². The van der Waals surface area contributed by atoms with E-state index in [0.717, 1.165) is 16.2 Å². The number of hydrogen-bond acceptors (Lipinski definition) is 2. The molecule has 2 nitrogen and oxygen atoms in total. The number of nitrogens with zero attached hydrogens (tertiary/aromatic N) is 2. The van der Waals surface area contributed by atoms with Gasteiger partial charge in [-0.1, -0.05) is 84.1 Å². The van der Waals surface area contributed by atoms with Crippen molar-refractivity contribution in [1.29, 1.82) is 0 Å². The molecule has 0 amide bonds. The Kier molecular flexibility index (Phi) is 3.22. The smallest absolute Gasteiger partial charge is 0.195 e. The molecule has 0 bridgehead atoms. The summed E-state index contributed by atoms with van der Waals surface area (Å²) in [5.74, 6) is 0. The molecule has 0 spiro atoms. The van der Waals surface area contributed by atoms with Crippen LogP contribution in [0.1, 0.15) is 5.69 Å². The number of benzene rings is 3. The quantitative estimate of drug-likeness (QED) is 0.374. The number of rotatable bonds is 2. The zero-order valence-corrected chi connectivity index (χ0v) is 14.6. The van der Waals surface area contributed by atoms with Crippen LogP contribution >= 0.6 is 11.3 Å². The fourth-order valence-corrected chi connectivity index (χ4v) is 4.52. The van der Waals surface area contributed by atoms with E-state index in [4.69, 9.17) is 4.98 Å². The minimum absolute atomic E-state index is 1.03. The highest BCUT2D eigenvalue weighted by atomic mass is 32.1. The average molecular weight is 340 g/mol. The summed E-state index contributed by atoms with van der Waals surface area (Å²) in [5, 5.41) is 2.57. The van der Waals surface area contributed by atoms with E-state index >= 15 is 0 Å². The second-order valence-electron chi connectivity index (χ2n) is 6.19. The molecule has 5 rings (SSSR count). The third-order valence-electron chi connectivity index (χ3n) is 4.66. The molecule has 0 aliphatic rings. The summed E-state index contributed by atoms with van der Waals surface area (Å²) in [6.45, 7) is 2.18. The van der Waals surface area contributed by atoms with Crippen LogP contribution in [0.25, 0.3) is 37.4 Å². The van der Waals surface area contributed by atoms with Gasteiger partial charge >= 0.3 is 0 Å². The van der Waals surface area contributed by atoms with Gasteiger partial charge < -0.3 is 0 Å². The molecular weight excluding hydrogens is 324 g/mol. The highest BCUT2D eigenvalue weighted by Crippen LogP contribution is 2.37. The Morgan fingerprint density at radius 1 is 0.840 bits per heavy atom. The van der Waals surface area contributed by atoms with Crippen molar-refractivity contribution in [3.8, 4) is 21.7 Å². The molecule has 120 valence electrons. The van der Waals surface area contributed by atoms with Gasteiger partial charge in [0.25, 0.3) is 0 Å². The largest absolute Gasteiger partial charge is 0.294 e. The van der Waals surface area contributed by atoms with Gasteiger partial charge in [0.1, 0.15) is 0 Å². The molecule has 25 heavy (non-hydrogen) atoms. The third kappa shape index (κ3) is 2.28. The van der Waals surface area contributed by atoms with E-state index in [0.29, 0.717) is 0 Å². The minimum Gasteiger partial charge on any atom is -0.294 e. The first kappa shape index (κ1) is 14.4. The molecule has 2 heterocycles. The fourth-order valence-electron chi connectivity index (χ4n) is 3.37. The van der Waals surface area contributed by atoms with E-state index in [2.05, 4.69) is 84.3 Å². The van der Waals surface area contributed by atoms with Crippen molar-refractivity contribution < 1.29 is 0 Å². The summed E-state index contributed by atoms with van der Waals surface area (Å²) in [4.78, 5) is 7.18. The molecule has 0 aliphatic carbocycles. The molecule has 5 aromatic rings. The van der Waals surface area contributed by atoms with Crippen LogP contribution in [-0.4, -0.2) is 9.38 Å². The van der Waals surface area contributed by atoms with Crippen LogP contribution in [0, 0.1) is 6.92 Å². The van der Waals surface area contributed by atoms with E-state index in [-0.39, 0.29) is 0 Å². The Morgan fingerprint density at radius 3 is 2.44 bits per heavy atom. The molecule has 3 aromatic carbocycles. The molecule has 0 atom stereocenters. The lowest BCUT2D eigenvalue weighted by Crippen LogP contribution is -1.85. The fraction of sp³-hybridized carbons (Fsp3) is 0.0455. The van der Waals surface area contributed by atoms with E-state index < -0.39 is 0 Å². The molecule has 0 N–H and O–H groups in total. The lowest BCUT2D eigenvalue weighted by atomic mass is 10.0. The lowest BCUT2D eigenvalue weighted by molar-refractivity contribution is 1.13. The third-order valence-corrected chi connectivity index (χ3v) is 5.85. The Morgan fingerprint density at radius 2 is 1.60 bits per heavy atom. The van der Waals surface area contributed by atoms with Crippen LogP contribution in [0.3, 0.4) is 0 Å². The number of hydrogen-bond donors (Lipinski definition) is 0. The van der Waals surface area contributed by atoms with Crippen molar-refractivity contribution in [2.24, 2.45) is 0 Å². The van der Waals surface area contributed by atoms with Gasteiger partial charge in [-0.3, -0.25) is 4.40 Å². The molecule has 2 aromatic heterocycles. The van der Waals surface area contributed by atoms with Gasteiger partial charge in [-0.2, -0.15) is 0 Å². The average Bonchev–Trinajstić information content (AvgIpc) is 3.22. The van der Waals surface area contributed by atoms with E-state index in [1.54, 1.807) is 11.3 Å². The molecule has 0 saturated carbocycles. The summed E-state index contributed by atoms with van der Waals surface area (Å²) in [6, 6.07) is 25.4. The molecule has 0 fully saturated rings. The maximum absolute atomic E-state index is 4.85. The number of fused-ring (bicyclic) bond motifs is 2. The molecular formula is C22H16N2S. The van der Waals surface area contributed by atoms with Crippen LogP contribution in [0.4, 0.5) is 0 Å². The molecule has 0 saturated heterocycles. The summed E-state index contributed by atoms with van der Waals surface area (Å²) < 4.78 is 2.21. The Labute approximate surface area is 150 Å². The maximum Gasteiger partial charge on any atom is 0.195 e. The van der Waals surface area contributed by atoms with Crippen LogP contribution in [0.2, 0.25) is 0 Å². The summed E-state index contributed by atoms with van der Waals surface area (Å²) >= 11 is 1.76. The summed E-state index contributed by atoms with van der Waals surface area (Å²) in [6.07, 6.45) is 2.14. The van der Waals surface area contributed by atoms with E-state index in [1.807, 2.05) is 6.07 Å². The molecule has 0 radical (unpaired) electrons. The van der Waals surface area contributed by atoms with Crippen molar-refractivity contribution >= 4 is 27.1 Å². The topological polar surface area (TPSA) is 17.3 Å². The van der Waals surface area contributed by atoms with Crippen LogP contribution in [-0.2, 0) is 0 Å². The van der Waals surface area contributed by atoms with E-state index in [9.17, 15) is 0 Å². The Hall–Kier alpha value is -2.91. The van der Waals surface area contributed by atoms with Crippen LogP contribution in [0.5, 0.6) is 0 Å². The van der Waals surface area contributed by atoms with Gasteiger partial charge in [0.2, 0.25) is 0 Å². The number of thiazole rings is 1. The number of imidazole rings is 1. The SMILES string of the molecule is Cc1c(-c2cccc3ccccc23)sc2nc(-c3ccccc3)cn12. The normalized spacial score (nSPS) is 11.4. The maximum atomic E-state index is 4.85. The van der Waals surface area contributed by atoms with Gasteiger partial charge in [0.15, 0.2) is 4.96 Å². The van der Waals surface area contributed by atoms with Crippen LogP contribution in [0.15, 0.2) is 79.0 Å². The Bertz CT molecular complexity index is 1190. The van der Waals surface area contributed by atoms with Crippen molar-refractivity contribution in [2.45, 2.75) is 6.92 Å². The first-order valence-corrected chi connectivity index (χ1v) is 9.15. The highest BCUT2D eigenvalue weighted by Gasteiger charge is 2.15. The zero-order chi connectivity index (χ0) is 16.8. The van der Waals surface area contributed by atoms with Crippen LogP contribution < -0.4 is 0 Å². The monoisotopic (exact) mass is 340 g/mol. The number of aryl methyl sites for hydroxylation is 1. The first-order chi connectivity index (χ1) is 12.3. The summed E-state index contributed by atoms with van der Waals surface area (Å²) in [5.41, 5.74) is 4.71. The predicted octanol–water partition coefficient (Wildman–Crippen LogP) is 6.19. The predicted molar refractivity (Wildman–Crippen MR) is 106 cm³/mol. The highest BCUT2D eigenvalue weighted by molar-refractivity contribution is 7.20. The van der Waals surface area contributed by atoms with Gasteiger partial charge in [-0.15, -0.1) is 0 Å². The second kappa shape index (κ2) is 5.57. The van der Waals surface area contributed by atoms with Crippen molar-refractivity contribution in [2.75, 3.05) is 0 Å². The lowest BCUT2D eigenvalue weighted by Gasteiger charge is -2.05. The van der Waals surface area contributed by atoms with Gasteiger partial charge in [-0.25, -0.2) is 4.98 Å². The molecule has 0 unspecified atom stereocenters. The standard InChI is InChI=1S/C22H16N2S/c1-15-21(19-13-7-11-16-8-5-6-12-18(16)19)25-22-23-20(14-24(15)22)17-9-3-2-4-10-17/h2-14H,1H3. The zero-order valence-electron chi connectivity index (χ0n) is 13.8. The van der Waals surface area contributed by atoms with Crippen molar-refractivity contribution in [1.82, 2.24) is 9.38 Å².